The second kappa shape index (κ2) is 8.39. The third-order valence-electron chi connectivity index (χ3n) is 2.26. The van der Waals surface area contributed by atoms with Gasteiger partial charge in [0.2, 0.25) is 5.91 Å². The van der Waals surface area contributed by atoms with Crippen molar-refractivity contribution in [2.75, 3.05) is 6.54 Å². The van der Waals surface area contributed by atoms with Crippen LogP contribution in [0.5, 0.6) is 0 Å². The van der Waals surface area contributed by atoms with Crippen LogP contribution in [0.3, 0.4) is 0 Å². The summed E-state index contributed by atoms with van der Waals surface area (Å²) in [6.07, 6.45) is 1.02. The van der Waals surface area contributed by atoms with Crippen molar-refractivity contribution in [2.24, 2.45) is 0 Å². The number of alkyl carbamates (subject to hydrolysis) is 1. The van der Waals surface area contributed by atoms with Crippen molar-refractivity contribution >= 4 is 18.0 Å². The highest BCUT2D eigenvalue weighted by molar-refractivity contribution is 5.81. The highest BCUT2D eigenvalue weighted by Gasteiger charge is 2.18. The number of nitrogens with one attached hydrogen (secondary N) is 2. The van der Waals surface area contributed by atoms with Crippen molar-refractivity contribution in [1.82, 2.24) is 10.6 Å². The zero-order valence-corrected chi connectivity index (χ0v) is 12.5. The van der Waals surface area contributed by atoms with Crippen LogP contribution in [0.25, 0.3) is 0 Å². The number of ether oxygens (including phenoxy) is 1. The molecular weight excluding hydrogens is 264 g/mol. The molecule has 0 aliphatic carbocycles. The fourth-order valence-corrected chi connectivity index (χ4v) is 1.48. The molecule has 1 atom stereocenters. The summed E-state index contributed by atoms with van der Waals surface area (Å²) in [5.74, 6) is -1.43. The predicted octanol–water partition coefficient (Wildman–Crippen LogP) is 1.27. The molecule has 0 unspecified atom stereocenters. The van der Waals surface area contributed by atoms with Gasteiger partial charge in [-0.2, -0.15) is 0 Å². The average molecular weight is 288 g/mol. The molecule has 0 spiro atoms. The van der Waals surface area contributed by atoms with Crippen LogP contribution in [0.4, 0.5) is 4.79 Å². The Kier molecular flexibility index (Phi) is 7.64. The van der Waals surface area contributed by atoms with Crippen molar-refractivity contribution in [3.8, 4) is 0 Å². The number of carboxylic acids is 1. The molecule has 0 aromatic heterocycles. The Morgan fingerprint density at radius 1 is 1.20 bits per heavy atom. The normalized spacial score (nSPS) is 12.4. The molecule has 0 aromatic carbocycles. The van der Waals surface area contributed by atoms with E-state index >= 15 is 0 Å². The van der Waals surface area contributed by atoms with Gasteiger partial charge in [-0.1, -0.05) is 0 Å². The maximum atomic E-state index is 11.3. The van der Waals surface area contributed by atoms with E-state index in [2.05, 4.69) is 10.6 Å². The molecular formula is C13H24N2O5. The van der Waals surface area contributed by atoms with E-state index in [0.717, 1.165) is 0 Å². The molecule has 0 saturated heterocycles. The number of carboxylic acid groups (broad SMARTS) is 1. The first-order valence-electron chi connectivity index (χ1n) is 6.58. The van der Waals surface area contributed by atoms with E-state index in [4.69, 9.17) is 9.84 Å². The van der Waals surface area contributed by atoms with Gasteiger partial charge in [-0.3, -0.25) is 4.79 Å². The van der Waals surface area contributed by atoms with E-state index in [1.165, 1.54) is 6.92 Å². The van der Waals surface area contributed by atoms with E-state index in [-0.39, 0.29) is 5.91 Å². The van der Waals surface area contributed by atoms with Crippen LogP contribution in [0, 0.1) is 0 Å². The Morgan fingerprint density at radius 2 is 1.80 bits per heavy atom. The van der Waals surface area contributed by atoms with Gasteiger partial charge in [-0.05, 0) is 40.0 Å². The van der Waals surface area contributed by atoms with E-state index in [1.807, 2.05) is 0 Å². The van der Waals surface area contributed by atoms with Crippen molar-refractivity contribution in [1.29, 1.82) is 0 Å². The van der Waals surface area contributed by atoms with E-state index < -0.39 is 23.7 Å². The maximum Gasteiger partial charge on any atom is 0.407 e. The van der Waals surface area contributed by atoms with Crippen molar-refractivity contribution < 1.29 is 24.2 Å². The minimum atomic E-state index is -1.06. The third kappa shape index (κ3) is 10.2. The summed E-state index contributed by atoms with van der Waals surface area (Å²) >= 11 is 0. The zero-order chi connectivity index (χ0) is 15.8. The first kappa shape index (κ1) is 18.2. The molecule has 0 aromatic rings. The predicted molar refractivity (Wildman–Crippen MR) is 73.3 cm³/mol. The molecule has 2 amide bonds. The van der Waals surface area contributed by atoms with Crippen molar-refractivity contribution in [3.63, 3.8) is 0 Å². The number of aliphatic carboxylic acids is 1. The molecule has 20 heavy (non-hydrogen) atoms. The van der Waals surface area contributed by atoms with Crippen LogP contribution in [0.1, 0.15) is 47.0 Å². The lowest BCUT2D eigenvalue weighted by atomic mass is 10.1. The Morgan fingerprint density at radius 3 is 2.25 bits per heavy atom. The van der Waals surface area contributed by atoms with Crippen LogP contribution < -0.4 is 10.6 Å². The molecule has 116 valence electrons. The lowest BCUT2D eigenvalue weighted by Gasteiger charge is -2.19. The van der Waals surface area contributed by atoms with E-state index in [0.29, 0.717) is 25.8 Å². The molecule has 0 bridgehead atoms. The molecule has 7 heteroatoms. The molecule has 0 radical (unpaired) electrons. The second-order valence-electron chi connectivity index (χ2n) is 5.52. The van der Waals surface area contributed by atoms with Crippen LogP contribution in [-0.2, 0) is 14.3 Å². The molecule has 0 rings (SSSR count). The Balaban J connectivity index is 3.82. The lowest BCUT2D eigenvalue weighted by molar-refractivity contribution is -0.141. The number of carbonyl (C=O) groups is 3. The summed E-state index contributed by atoms with van der Waals surface area (Å²) in [6.45, 7) is 7.01. The summed E-state index contributed by atoms with van der Waals surface area (Å²) < 4.78 is 5.06. The number of amides is 2. The van der Waals surface area contributed by atoms with Gasteiger partial charge in [-0.25, -0.2) is 9.59 Å². The van der Waals surface area contributed by atoms with Crippen LogP contribution in [-0.4, -0.2) is 41.3 Å². The largest absolute Gasteiger partial charge is 0.480 e. The SMILES string of the molecule is CC(=O)N[C@@H](CCCCNC(=O)OC(C)(C)C)C(=O)O. The van der Waals surface area contributed by atoms with E-state index in [1.54, 1.807) is 20.8 Å². The summed E-state index contributed by atoms with van der Waals surface area (Å²) in [4.78, 5) is 33.0. The highest BCUT2D eigenvalue weighted by atomic mass is 16.6. The van der Waals surface area contributed by atoms with Crippen LogP contribution in [0.2, 0.25) is 0 Å². The molecule has 0 heterocycles. The fourth-order valence-electron chi connectivity index (χ4n) is 1.48. The smallest absolute Gasteiger partial charge is 0.407 e. The summed E-state index contributed by atoms with van der Waals surface area (Å²) in [7, 11) is 0. The van der Waals surface area contributed by atoms with Gasteiger partial charge >= 0.3 is 12.1 Å². The highest BCUT2D eigenvalue weighted by Crippen LogP contribution is 2.06. The summed E-state index contributed by atoms with van der Waals surface area (Å²) in [5.41, 5.74) is -0.538. The zero-order valence-electron chi connectivity index (χ0n) is 12.5. The molecule has 0 fully saturated rings. The monoisotopic (exact) mass is 288 g/mol. The first-order chi connectivity index (χ1) is 9.11. The van der Waals surface area contributed by atoms with Gasteiger partial charge in [0.1, 0.15) is 11.6 Å². The number of hydrogen-bond donors (Lipinski definition) is 3. The minimum absolute atomic E-state index is 0.324. The number of rotatable bonds is 7. The molecule has 0 aliphatic heterocycles. The van der Waals surface area contributed by atoms with Crippen molar-refractivity contribution in [3.05, 3.63) is 0 Å². The standard InChI is InChI=1S/C13H24N2O5/c1-9(16)15-10(11(17)18)7-5-6-8-14-12(19)20-13(2,3)4/h10H,5-8H2,1-4H3,(H,14,19)(H,15,16)(H,17,18)/t10-/m0/s1. The molecule has 7 nitrogen and oxygen atoms in total. The van der Waals surface area contributed by atoms with E-state index in [9.17, 15) is 14.4 Å². The Labute approximate surface area is 119 Å². The van der Waals surface area contributed by atoms with Crippen LogP contribution in [0.15, 0.2) is 0 Å². The topological polar surface area (TPSA) is 105 Å². The quantitative estimate of drug-likeness (QED) is 0.612. The van der Waals surface area contributed by atoms with Gasteiger partial charge in [0, 0.05) is 13.5 Å². The average Bonchev–Trinajstić information content (AvgIpc) is 2.23. The fraction of sp³-hybridized carbons (Fsp3) is 0.769. The van der Waals surface area contributed by atoms with Gasteiger partial charge < -0.3 is 20.5 Å². The maximum absolute atomic E-state index is 11.3. The van der Waals surface area contributed by atoms with Gasteiger partial charge in [0.25, 0.3) is 0 Å². The van der Waals surface area contributed by atoms with Gasteiger partial charge in [-0.15, -0.1) is 0 Å². The number of hydrogen-bond acceptors (Lipinski definition) is 4. The van der Waals surface area contributed by atoms with Crippen molar-refractivity contribution in [2.45, 2.75) is 58.6 Å². The van der Waals surface area contributed by atoms with Gasteiger partial charge in [0.15, 0.2) is 0 Å². The Hall–Kier alpha value is -1.79. The summed E-state index contributed by atoms with van der Waals surface area (Å²) in [6, 6.07) is -0.881. The molecule has 3 N–H and O–H groups in total. The minimum Gasteiger partial charge on any atom is -0.480 e. The first-order valence-corrected chi connectivity index (χ1v) is 6.58. The summed E-state index contributed by atoms with van der Waals surface area (Å²) in [5, 5.41) is 13.8. The number of unbranched alkanes of at least 4 members (excludes halogenated alkanes) is 1. The van der Waals surface area contributed by atoms with Crippen LogP contribution >= 0.6 is 0 Å². The third-order valence-corrected chi connectivity index (χ3v) is 2.26. The number of carbonyl (C=O) groups excluding carboxylic acids is 2. The lowest BCUT2D eigenvalue weighted by Crippen LogP contribution is -2.39. The second-order valence-corrected chi connectivity index (χ2v) is 5.52. The van der Waals surface area contributed by atoms with Gasteiger partial charge in [0.05, 0.1) is 0 Å². The molecule has 0 saturated carbocycles. The Bertz CT molecular complexity index is 349. The molecule has 0 aliphatic rings.